The highest BCUT2D eigenvalue weighted by atomic mass is 79.9. The topological polar surface area (TPSA) is 55.4 Å². The molecule has 3 aliphatic rings. The van der Waals surface area contributed by atoms with Crippen molar-refractivity contribution in [3.63, 3.8) is 0 Å². The Balaban J connectivity index is 1.61. The van der Waals surface area contributed by atoms with Gasteiger partial charge in [0.1, 0.15) is 6.10 Å². The highest BCUT2D eigenvalue weighted by molar-refractivity contribution is 9.09. The third kappa shape index (κ3) is 1.87. The minimum absolute atomic E-state index is 0.0585. The number of benzene rings is 1. The lowest BCUT2D eigenvalue weighted by atomic mass is 9.79. The van der Waals surface area contributed by atoms with Crippen LogP contribution in [0.5, 0.6) is 0 Å². The van der Waals surface area contributed by atoms with Gasteiger partial charge in [-0.25, -0.2) is 0 Å². The van der Waals surface area contributed by atoms with Crippen molar-refractivity contribution in [3.05, 3.63) is 29.3 Å². The lowest BCUT2D eigenvalue weighted by molar-refractivity contribution is -0.145. The molecule has 1 aromatic carbocycles. The van der Waals surface area contributed by atoms with Crippen molar-refractivity contribution in [3.8, 4) is 0 Å². The fraction of sp³-hybridized carbons (Fsp3) is 0.467. The summed E-state index contributed by atoms with van der Waals surface area (Å²) in [6.45, 7) is 0. The van der Waals surface area contributed by atoms with E-state index in [1.807, 2.05) is 12.1 Å². The molecule has 4 rings (SSSR count). The van der Waals surface area contributed by atoms with Gasteiger partial charge in [0, 0.05) is 5.92 Å². The standard InChI is InChI=1S/C15H13BrClNO3/c16-12-6-5-7-11(15(20)21-13(7)12)10(6)14(19)18-9-4-2-1-3-8(9)17/h1-4,6-7,10-13H,5H2,(H,18,19)/t6-,7+,10-,11-,12+,13-/m0/s1. The van der Waals surface area contributed by atoms with Crippen LogP contribution in [0.15, 0.2) is 24.3 Å². The Morgan fingerprint density at radius 3 is 2.86 bits per heavy atom. The van der Waals surface area contributed by atoms with Gasteiger partial charge in [-0.05, 0) is 24.5 Å². The first-order chi connectivity index (χ1) is 10.1. The minimum Gasteiger partial charge on any atom is -0.461 e. The van der Waals surface area contributed by atoms with Gasteiger partial charge in [-0.3, -0.25) is 9.59 Å². The van der Waals surface area contributed by atoms with Crippen LogP contribution in [0.4, 0.5) is 5.69 Å². The van der Waals surface area contributed by atoms with E-state index in [1.165, 1.54) is 0 Å². The highest BCUT2D eigenvalue weighted by Gasteiger charge is 2.67. The third-order valence-corrected chi connectivity index (χ3v) is 6.49. The number of anilines is 1. The van der Waals surface area contributed by atoms with E-state index in [1.54, 1.807) is 12.1 Å². The summed E-state index contributed by atoms with van der Waals surface area (Å²) < 4.78 is 5.41. The molecule has 1 heterocycles. The summed E-state index contributed by atoms with van der Waals surface area (Å²) in [6, 6.07) is 7.11. The maximum absolute atomic E-state index is 12.6. The Morgan fingerprint density at radius 1 is 1.33 bits per heavy atom. The second-order valence-corrected chi connectivity index (χ2v) is 7.39. The molecule has 2 saturated carbocycles. The normalized spacial score (nSPS) is 39.4. The molecule has 0 spiro atoms. The number of rotatable bonds is 2. The van der Waals surface area contributed by atoms with E-state index in [4.69, 9.17) is 16.3 Å². The highest BCUT2D eigenvalue weighted by Crippen LogP contribution is 2.60. The molecular formula is C15H13BrClNO3. The minimum atomic E-state index is -0.332. The summed E-state index contributed by atoms with van der Waals surface area (Å²) in [5.41, 5.74) is 0.584. The summed E-state index contributed by atoms with van der Waals surface area (Å²) in [5.74, 6) is -0.665. The number of ether oxygens (including phenoxy) is 1. The second kappa shape index (κ2) is 4.71. The SMILES string of the molecule is O=C(Nc1ccccc1Cl)[C@H]1[C@@H]2C[C@H]3[C@H](OC(=O)[C@@H]31)[C@@H]2Br. The number of nitrogens with one attached hydrogen (secondary N) is 1. The number of halogens is 2. The van der Waals surface area contributed by atoms with Crippen molar-refractivity contribution >= 4 is 45.1 Å². The molecule has 6 heteroatoms. The molecule has 2 aliphatic carbocycles. The molecule has 4 nitrogen and oxygen atoms in total. The van der Waals surface area contributed by atoms with Gasteiger partial charge in [-0.1, -0.05) is 39.7 Å². The molecule has 0 aromatic heterocycles. The number of carbonyl (C=O) groups is 2. The molecule has 1 N–H and O–H groups in total. The van der Waals surface area contributed by atoms with Crippen LogP contribution in [-0.4, -0.2) is 22.8 Å². The Labute approximate surface area is 135 Å². The molecule has 1 amide bonds. The van der Waals surface area contributed by atoms with Gasteiger partial charge in [0.25, 0.3) is 0 Å². The molecule has 1 aliphatic heterocycles. The number of fused-ring (bicyclic) bond motifs is 1. The number of hydrogen-bond acceptors (Lipinski definition) is 3. The first-order valence-electron chi connectivity index (χ1n) is 6.98. The lowest BCUT2D eigenvalue weighted by Crippen LogP contribution is -2.40. The maximum Gasteiger partial charge on any atom is 0.310 e. The summed E-state index contributed by atoms with van der Waals surface area (Å²) in [7, 11) is 0. The average Bonchev–Trinajstić information content (AvgIpc) is 3.05. The molecule has 110 valence electrons. The maximum atomic E-state index is 12.6. The number of alkyl halides is 1. The first-order valence-corrected chi connectivity index (χ1v) is 8.27. The van der Waals surface area contributed by atoms with E-state index in [0.717, 1.165) is 6.42 Å². The van der Waals surface area contributed by atoms with Crippen LogP contribution in [0, 0.1) is 23.7 Å². The van der Waals surface area contributed by atoms with E-state index in [2.05, 4.69) is 21.2 Å². The van der Waals surface area contributed by atoms with Gasteiger partial charge in [-0.15, -0.1) is 0 Å². The monoisotopic (exact) mass is 369 g/mol. The first kappa shape index (κ1) is 13.6. The number of carbonyl (C=O) groups excluding carboxylic acids is 2. The van der Waals surface area contributed by atoms with Gasteiger partial charge in [-0.2, -0.15) is 0 Å². The number of esters is 1. The zero-order valence-corrected chi connectivity index (χ0v) is 13.3. The second-order valence-electron chi connectivity index (χ2n) is 5.93. The van der Waals surface area contributed by atoms with Crippen LogP contribution in [-0.2, 0) is 14.3 Å². The summed E-state index contributed by atoms with van der Waals surface area (Å²) in [5, 5.41) is 3.36. The molecule has 3 fully saturated rings. The van der Waals surface area contributed by atoms with Crippen molar-refractivity contribution in [1.82, 2.24) is 0 Å². The van der Waals surface area contributed by atoms with Crippen LogP contribution in [0.2, 0.25) is 5.02 Å². The molecule has 0 radical (unpaired) electrons. The van der Waals surface area contributed by atoms with Crippen LogP contribution in [0.1, 0.15) is 6.42 Å². The summed E-state index contributed by atoms with van der Waals surface area (Å²) in [4.78, 5) is 24.7. The van der Waals surface area contributed by atoms with E-state index in [9.17, 15) is 9.59 Å². The Hall–Kier alpha value is -1.07. The molecular weight excluding hydrogens is 358 g/mol. The Morgan fingerprint density at radius 2 is 2.10 bits per heavy atom. The van der Waals surface area contributed by atoms with Crippen molar-refractivity contribution in [2.24, 2.45) is 23.7 Å². The quantitative estimate of drug-likeness (QED) is 0.643. The zero-order valence-electron chi connectivity index (χ0n) is 11.0. The Bertz CT molecular complexity index is 637. The van der Waals surface area contributed by atoms with E-state index in [0.29, 0.717) is 10.7 Å². The summed E-state index contributed by atoms with van der Waals surface area (Å²) >= 11 is 9.68. The van der Waals surface area contributed by atoms with Gasteiger partial charge in [0.2, 0.25) is 5.91 Å². The Kier molecular flexibility index (Phi) is 3.05. The smallest absolute Gasteiger partial charge is 0.310 e. The van der Waals surface area contributed by atoms with E-state index in [-0.39, 0.29) is 46.5 Å². The van der Waals surface area contributed by atoms with E-state index >= 15 is 0 Å². The zero-order chi connectivity index (χ0) is 14.7. The van der Waals surface area contributed by atoms with Crippen molar-refractivity contribution < 1.29 is 14.3 Å². The fourth-order valence-corrected chi connectivity index (χ4v) is 5.34. The largest absolute Gasteiger partial charge is 0.461 e. The lowest BCUT2D eigenvalue weighted by Gasteiger charge is -2.27. The van der Waals surface area contributed by atoms with Gasteiger partial charge in [0.05, 0.1) is 27.4 Å². The van der Waals surface area contributed by atoms with Crippen molar-refractivity contribution in [1.29, 1.82) is 0 Å². The number of para-hydroxylation sites is 1. The van der Waals surface area contributed by atoms with Gasteiger partial charge in [0.15, 0.2) is 0 Å². The summed E-state index contributed by atoms with van der Waals surface area (Å²) in [6.07, 6.45) is 0.814. The molecule has 2 bridgehead atoms. The third-order valence-electron chi connectivity index (χ3n) is 4.96. The molecule has 1 aromatic rings. The van der Waals surface area contributed by atoms with Crippen LogP contribution in [0.25, 0.3) is 0 Å². The molecule has 21 heavy (non-hydrogen) atoms. The van der Waals surface area contributed by atoms with Crippen LogP contribution in [0.3, 0.4) is 0 Å². The van der Waals surface area contributed by atoms with Crippen LogP contribution < -0.4 is 5.32 Å². The predicted octanol–water partition coefficient (Wildman–Crippen LogP) is 2.85. The van der Waals surface area contributed by atoms with Crippen molar-refractivity contribution in [2.75, 3.05) is 5.32 Å². The number of amides is 1. The fourth-order valence-electron chi connectivity index (χ4n) is 4.11. The molecule has 0 unspecified atom stereocenters. The van der Waals surface area contributed by atoms with E-state index < -0.39 is 0 Å². The van der Waals surface area contributed by atoms with Gasteiger partial charge >= 0.3 is 5.97 Å². The predicted molar refractivity (Wildman–Crippen MR) is 81.3 cm³/mol. The molecule has 1 saturated heterocycles. The van der Waals surface area contributed by atoms with Gasteiger partial charge < -0.3 is 10.1 Å². The number of hydrogen-bond donors (Lipinski definition) is 1. The molecule has 6 atom stereocenters. The average molecular weight is 371 g/mol. The van der Waals surface area contributed by atoms with Crippen molar-refractivity contribution in [2.45, 2.75) is 17.4 Å². The van der Waals surface area contributed by atoms with Crippen LogP contribution >= 0.6 is 27.5 Å².